The lowest BCUT2D eigenvalue weighted by molar-refractivity contribution is -0.392. The first-order valence-electron chi connectivity index (χ1n) is 4.34. The third-order valence-electron chi connectivity index (χ3n) is 1.83. The van der Waals surface area contributed by atoms with E-state index in [2.05, 4.69) is 5.10 Å². The van der Waals surface area contributed by atoms with Crippen LogP contribution in [0.15, 0.2) is 6.07 Å². The number of likely N-dealkylation sites (N-methyl/N-ethyl adjacent to an activating group) is 1. The highest BCUT2D eigenvalue weighted by Gasteiger charge is 2.15. The molecule has 0 aliphatic carbocycles. The first-order valence-corrected chi connectivity index (χ1v) is 4.34. The topological polar surface area (TPSA) is 64.2 Å². The second-order valence-electron chi connectivity index (χ2n) is 3.43. The molecule has 0 atom stereocenters. The molecular formula is C8H14N4O2. The first kappa shape index (κ1) is 10.6. The van der Waals surface area contributed by atoms with Gasteiger partial charge in [-0.25, -0.2) is 0 Å². The molecule has 14 heavy (non-hydrogen) atoms. The number of nitrogens with zero attached hydrogens (tertiary/aromatic N) is 4. The Balaban J connectivity index is 2.79. The molecule has 0 N–H and O–H groups in total. The third kappa shape index (κ3) is 2.53. The van der Waals surface area contributed by atoms with E-state index >= 15 is 0 Å². The van der Waals surface area contributed by atoms with Crippen molar-refractivity contribution in [3.8, 4) is 0 Å². The summed E-state index contributed by atoms with van der Waals surface area (Å²) in [5.74, 6) is 0.0596. The Bertz CT molecular complexity index is 332. The SMILES string of the molecule is Cc1cc([N+](=O)[O-])n(CCN(C)C)n1. The van der Waals surface area contributed by atoms with Gasteiger partial charge < -0.3 is 15.0 Å². The Morgan fingerprint density at radius 3 is 2.79 bits per heavy atom. The van der Waals surface area contributed by atoms with Gasteiger partial charge in [0.25, 0.3) is 0 Å². The molecule has 0 unspecified atom stereocenters. The van der Waals surface area contributed by atoms with Crippen LogP contribution >= 0.6 is 0 Å². The fraction of sp³-hybridized carbons (Fsp3) is 0.625. The Labute approximate surface area is 82.3 Å². The molecule has 6 nitrogen and oxygen atoms in total. The van der Waals surface area contributed by atoms with Gasteiger partial charge in [-0.1, -0.05) is 5.10 Å². The van der Waals surface area contributed by atoms with Crippen molar-refractivity contribution < 1.29 is 4.92 Å². The molecule has 1 rings (SSSR count). The van der Waals surface area contributed by atoms with Crippen molar-refractivity contribution in [2.45, 2.75) is 13.5 Å². The van der Waals surface area contributed by atoms with Crippen molar-refractivity contribution in [3.63, 3.8) is 0 Å². The van der Waals surface area contributed by atoms with Crippen LogP contribution in [0.2, 0.25) is 0 Å². The number of aromatic nitrogens is 2. The zero-order chi connectivity index (χ0) is 10.7. The number of hydrogen-bond donors (Lipinski definition) is 0. The molecule has 0 radical (unpaired) electrons. The van der Waals surface area contributed by atoms with E-state index in [0.717, 1.165) is 6.54 Å². The van der Waals surface area contributed by atoms with Crippen molar-refractivity contribution in [2.75, 3.05) is 20.6 Å². The average molecular weight is 198 g/mol. The molecule has 0 saturated heterocycles. The molecule has 0 amide bonds. The maximum atomic E-state index is 10.6. The number of aryl methyl sites for hydroxylation is 1. The molecule has 78 valence electrons. The molecule has 1 aromatic heterocycles. The van der Waals surface area contributed by atoms with Gasteiger partial charge in [0.05, 0.1) is 11.8 Å². The van der Waals surface area contributed by atoms with E-state index in [1.807, 2.05) is 19.0 Å². The monoisotopic (exact) mass is 198 g/mol. The molecule has 1 aromatic rings. The highest BCUT2D eigenvalue weighted by atomic mass is 16.6. The maximum absolute atomic E-state index is 10.6. The van der Waals surface area contributed by atoms with Crippen molar-refractivity contribution in [1.29, 1.82) is 0 Å². The largest absolute Gasteiger partial charge is 0.358 e. The fourth-order valence-corrected chi connectivity index (χ4v) is 1.14. The van der Waals surface area contributed by atoms with E-state index < -0.39 is 4.92 Å². The van der Waals surface area contributed by atoms with Crippen LogP contribution in [0.5, 0.6) is 0 Å². The van der Waals surface area contributed by atoms with E-state index in [4.69, 9.17) is 0 Å². The summed E-state index contributed by atoms with van der Waals surface area (Å²) in [5, 5.41) is 14.7. The average Bonchev–Trinajstić information content (AvgIpc) is 2.43. The zero-order valence-corrected chi connectivity index (χ0v) is 8.60. The van der Waals surface area contributed by atoms with Gasteiger partial charge in [0, 0.05) is 6.54 Å². The summed E-state index contributed by atoms with van der Waals surface area (Å²) in [5.41, 5.74) is 0.676. The summed E-state index contributed by atoms with van der Waals surface area (Å²) in [6.07, 6.45) is 0. The highest BCUT2D eigenvalue weighted by Crippen LogP contribution is 2.12. The normalized spacial score (nSPS) is 10.9. The van der Waals surface area contributed by atoms with E-state index in [-0.39, 0.29) is 5.82 Å². The molecule has 0 bridgehead atoms. The summed E-state index contributed by atoms with van der Waals surface area (Å²) in [7, 11) is 3.84. The van der Waals surface area contributed by atoms with Crippen LogP contribution in [-0.2, 0) is 6.54 Å². The van der Waals surface area contributed by atoms with Gasteiger partial charge in [-0.05, 0) is 25.9 Å². The quantitative estimate of drug-likeness (QED) is 0.526. The van der Waals surface area contributed by atoms with Crippen LogP contribution in [0.25, 0.3) is 0 Å². The van der Waals surface area contributed by atoms with Crippen LogP contribution in [0.1, 0.15) is 5.69 Å². The summed E-state index contributed by atoms with van der Waals surface area (Å²) in [4.78, 5) is 12.2. The van der Waals surface area contributed by atoms with Gasteiger partial charge >= 0.3 is 5.82 Å². The number of rotatable bonds is 4. The van der Waals surface area contributed by atoms with Crippen LogP contribution in [0.3, 0.4) is 0 Å². The Kier molecular flexibility index (Phi) is 3.19. The maximum Gasteiger partial charge on any atom is 0.345 e. The van der Waals surface area contributed by atoms with E-state index in [0.29, 0.717) is 12.2 Å². The highest BCUT2D eigenvalue weighted by molar-refractivity contribution is 5.21. The van der Waals surface area contributed by atoms with Crippen molar-refractivity contribution in [3.05, 3.63) is 21.9 Å². The number of hydrogen-bond acceptors (Lipinski definition) is 4. The van der Waals surface area contributed by atoms with Gasteiger partial charge in [0.2, 0.25) is 0 Å². The minimum atomic E-state index is -0.407. The predicted octanol–water partition coefficient (Wildman–Crippen LogP) is 0.661. The molecular weight excluding hydrogens is 184 g/mol. The first-order chi connectivity index (χ1) is 6.50. The van der Waals surface area contributed by atoms with Gasteiger partial charge in [-0.15, -0.1) is 4.68 Å². The second kappa shape index (κ2) is 4.19. The van der Waals surface area contributed by atoms with Crippen LogP contribution in [-0.4, -0.2) is 40.2 Å². The van der Waals surface area contributed by atoms with Gasteiger partial charge in [-0.2, -0.15) is 0 Å². The minimum Gasteiger partial charge on any atom is -0.358 e. The Morgan fingerprint density at radius 1 is 1.64 bits per heavy atom. The van der Waals surface area contributed by atoms with Crippen molar-refractivity contribution in [1.82, 2.24) is 14.7 Å². The molecule has 1 heterocycles. The summed E-state index contributed by atoms with van der Waals surface area (Å²) in [6, 6.07) is 1.48. The lowest BCUT2D eigenvalue weighted by Gasteiger charge is -2.06. The molecule has 0 saturated carbocycles. The lowest BCUT2D eigenvalue weighted by atomic mass is 10.5. The third-order valence-corrected chi connectivity index (χ3v) is 1.83. The van der Waals surface area contributed by atoms with E-state index in [1.54, 1.807) is 6.92 Å². The predicted molar refractivity (Wildman–Crippen MR) is 52.2 cm³/mol. The lowest BCUT2D eigenvalue weighted by Crippen LogP contribution is -2.19. The van der Waals surface area contributed by atoms with E-state index in [9.17, 15) is 10.1 Å². The summed E-state index contributed by atoms with van der Waals surface area (Å²) >= 11 is 0. The minimum absolute atomic E-state index is 0.0596. The molecule has 6 heteroatoms. The van der Waals surface area contributed by atoms with Gasteiger partial charge in [0.1, 0.15) is 6.54 Å². The fourth-order valence-electron chi connectivity index (χ4n) is 1.14. The summed E-state index contributed by atoms with van der Waals surface area (Å²) in [6.45, 7) is 3.03. The van der Waals surface area contributed by atoms with Crippen molar-refractivity contribution in [2.24, 2.45) is 0 Å². The smallest absolute Gasteiger partial charge is 0.345 e. The summed E-state index contributed by atoms with van der Waals surface area (Å²) < 4.78 is 1.43. The molecule has 0 aliphatic rings. The van der Waals surface area contributed by atoms with Gasteiger partial charge in [0.15, 0.2) is 0 Å². The molecule has 0 fully saturated rings. The number of nitro groups is 1. The molecule has 0 aliphatic heterocycles. The van der Waals surface area contributed by atoms with Crippen LogP contribution < -0.4 is 0 Å². The zero-order valence-electron chi connectivity index (χ0n) is 8.60. The molecule has 0 aromatic carbocycles. The van der Waals surface area contributed by atoms with Crippen LogP contribution in [0.4, 0.5) is 5.82 Å². The van der Waals surface area contributed by atoms with Crippen molar-refractivity contribution >= 4 is 5.82 Å². The standard InChI is InChI=1S/C8H14N4O2/c1-7-6-8(12(13)14)11(9-7)5-4-10(2)3/h6H,4-5H2,1-3H3. The Hall–Kier alpha value is -1.43. The van der Waals surface area contributed by atoms with Gasteiger partial charge in [-0.3, -0.25) is 0 Å². The van der Waals surface area contributed by atoms with Crippen LogP contribution in [0, 0.1) is 17.0 Å². The molecule has 0 spiro atoms. The van der Waals surface area contributed by atoms with E-state index in [1.165, 1.54) is 10.7 Å². The second-order valence-corrected chi connectivity index (χ2v) is 3.43. The Morgan fingerprint density at radius 2 is 2.29 bits per heavy atom.